The monoisotopic (exact) mass is 451 g/mol. The molecule has 0 aliphatic carbocycles. The molecule has 0 bridgehead atoms. The third-order valence-electron chi connectivity index (χ3n) is 4.36. The van der Waals surface area contributed by atoms with Crippen molar-refractivity contribution in [2.75, 3.05) is 18.5 Å². The van der Waals surface area contributed by atoms with Crippen LogP contribution in [0.1, 0.15) is 30.8 Å². The van der Waals surface area contributed by atoms with E-state index in [0.717, 1.165) is 11.6 Å². The normalized spacial score (nSPS) is 11.4. The summed E-state index contributed by atoms with van der Waals surface area (Å²) in [6.07, 6.45) is -1.58. The summed E-state index contributed by atoms with van der Waals surface area (Å²) in [6, 6.07) is 6.46. The molecule has 32 heavy (non-hydrogen) atoms. The van der Waals surface area contributed by atoms with Crippen molar-refractivity contribution in [3.8, 4) is 11.5 Å². The Hall–Kier alpha value is -3.50. The molecule has 0 spiro atoms. The molecule has 0 fully saturated rings. The lowest BCUT2D eigenvalue weighted by molar-refractivity contribution is -0.144. The van der Waals surface area contributed by atoms with E-state index in [-0.39, 0.29) is 5.69 Å². The van der Waals surface area contributed by atoms with Crippen molar-refractivity contribution in [2.24, 2.45) is 0 Å². The van der Waals surface area contributed by atoms with Gasteiger partial charge in [-0.3, -0.25) is 14.2 Å². The Kier molecular flexibility index (Phi) is 7.06. The molecule has 2 heterocycles. The summed E-state index contributed by atoms with van der Waals surface area (Å²) < 4.78 is 52.6. The van der Waals surface area contributed by atoms with E-state index in [1.807, 2.05) is 32.0 Å². The third-order valence-corrected chi connectivity index (χ3v) is 4.36. The van der Waals surface area contributed by atoms with Gasteiger partial charge in [0.05, 0.1) is 37.3 Å². The van der Waals surface area contributed by atoms with Gasteiger partial charge in [0.1, 0.15) is 12.2 Å². The van der Waals surface area contributed by atoms with Crippen LogP contribution in [0.3, 0.4) is 0 Å². The quantitative estimate of drug-likeness (QED) is 0.534. The fourth-order valence-electron chi connectivity index (χ4n) is 3.13. The molecular formula is C21H24F3N5O3. The number of carbonyl (C=O) groups excluding carboxylic acids is 1. The first kappa shape index (κ1) is 23.2. The first-order valence-corrected chi connectivity index (χ1v) is 10.0. The van der Waals surface area contributed by atoms with E-state index in [0.29, 0.717) is 41.6 Å². The average molecular weight is 451 g/mol. The van der Waals surface area contributed by atoms with Crippen molar-refractivity contribution in [3.05, 3.63) is 53.6 Å². The Morgan fingerprint density at radius 1 is 1.12 bits per heavy atom. The maximum Gasteiger partial charge on any atom is 0.433 e. The molecule has 172 valence electrons. The zero-order chi connectivity index (χ0) is 23.3. The number of halogens is 3. The van der Waals surface area contributed by atoms with Crippen LogP contribution in [0.4, 0.5) is 18.9 Å². The standard InChI is InChI=1S/C21H24F3N5O3/c1-4-31-17-7-6-15(9-18(17)32-5-2)11-28-12-16(10-25-28)26-20(30)13-29-19(21(22,23)24)8-14(3)27-29/h6-10,12H,4-5,11,13H2,1-3H3,(H,26,30). The minimum absolute atomic E-state index is 0.180. The van der Waals surface area contributed by atoms with Crippen LogP contribution < -0.4 is 14.8 Å². The van der Waals surface area contributed by atoms with Crippen molar-refractivity contribution in [1.82, 2.24) is 19.6 Å². The second-order valence-electron chi connectivity index (χ2n) is 6.95. The largest absolute Gasteiger partial charge is 0.490 e. The van der Waals surface area contributed by atoms with Crippen LogP contribution in [0.15, 0.2) is 36.7 Å². The highest BCUT2D eigenvalue weighted by molar-refractivity contribution is 5.90. The number of anilines is 1. The van der Waals surface area contributed by atoms with Gasteiger partial charge in [0.25, 0.3) is 0 Å². The number of carbonyl (C=O) groups is 1. The van der Waals surface area contributed by atoms with Crippen LogP contribution in [0.25, 0.3) is 0 Å². The van der Waals surface area contributed by atoms with Gasteiger partial charge in [-0.15, -0.1) is 0 Å². The molecule has 8 nitrogen and oxygen atoms in total. The van der Waals surface area contributed by atoms with Crippen LogP contribution in [-0.2, 0) is 24.1 Å². The van der Waals surface area contributed by atoms with Gasteiger partial charge in [0.2, 0.25) is 5.91 Å². The molecule has 1 amide bonds. The second kappa shape index (κ2) is 9.75. The number of alkyl halides is 3. The molecule has 0 saturated carbocycles. The molecule has 0 saturated heterocycles. The third kappa shape index (κ3) is 5.80. The first-order chi connectivity index (χ1) is 15.2. The average Bonchev–Trinajstić information content (AvgIpc) is 3.30. The van der Waals surface area contributed by atoms with Crippen LogP contribution in [-0.4, -0.2) is 38.7 Å². The van der Waals surface area contributed by atoms with Gasteiger partial charge in [0.15, 0.2) is 11.5 Å². The molecule has 2 aromatic heterocycles. The Bertz CT molecular complexity index is 1080. The molecule has 3 rings (SSSR count). The fraction of sp³-hybridized carbons (Fsp3) is 0.381. The molecule has 0 unspecified atom stereocenters. The van der Waals surface area contributed by atoms with E-state index < -0.39 is 24.3 Å². The molecule has 1 aromatic carbocycles. The fourth-order valence-corrected chi connectivity index (χ4v) is 3.13. The lowest BCUT2D eigenvalue weighted by atomic mass is 10.2. The topological polar surface area (TPSA) is 83.2 Å². The van der Waals surface area contributed by atoms with E-state index in [1.54, 1.807) is 10.9 Å². The highest BCUT2D eigenvalue weighted by atomic mass is 19.4. The van der Waals surface area contributed by atoms with Crippen molar-refractivity contribution < 1.29 is 27.4 Å². The minimum atomic E-state index is -4.59. The summed E-state index contributed by atoms with van der Waals surface area (Å²) in [4.78, 5) is 12.2. The Balaban J connectivity index is 1.65. The maximum absolute atomic E-state index is 13.1. The van der Waals surface area contributed by atoms with Crippen LogP contribution in [0, 0.1) is 6.92 Å². The number of ether oxygens (including phenoxy) is 2. The number of nitrogens with one attached hydrogen (secondary N) is 1. The summed E-state index contributed by atoms with van der Waals surface area (Å²) in [6.45, 7) is 6.06. The van der Waals surface area contributed by atoms with Gasteiger partial charge in [0, 0.05) is 6.20 Å². The number of amides is 1. The predicted octanol–water partition coefficient (Wildman–Crippen LogP) is 3.89. The number of nitrogens with zero attached hydrogens (tertiary/aromatic N) is 4. The molecular weight excluding hydrogens is 427 g/mol. The van der Waals surface area contributed by atoms with Gasteiger partial charge in [-0.2, -0.15) is 23.4 Å². The highest BCUT2D eigenvalue weighted by Crippen LogP contribution is 2.30. The van der Waals surface area contributed by atoms with Gasteiger partial charge >= 0.3 is 6.18 Å². The zero-order valence-electron chi connectivity index (χ0n) is 17.9. The lowest BCUT2D eigenvalue weighted by Crippen LogP contribution is -2.23. The summed E-state index contributed by atoms with van der Waals surface area (Å²) in [5, 5.41) is 10.5. The van der Waals surface area contributed by atoms with Crippen LogP contribution in [0.5, 0.6) is 11.5 Å². The van der Waals surface area contributed by atoms with E-state index in [9.17, 15) is 18.0 Å². The Labute approximate surface area is 182 Å². The van der Waals surface area contributed by atoms with Crippen molar-refractivity contribution in [1.29, 1.82) is 0 Å². The van der Waals surface area contributed by atoms with E-state index in [2.05, 4.69) is 15.5 Å². The lowest BCUT2D eigenvalue weighted by Gasteiger charge is -2.12. The van der Waals surface area contributed by atoms with Gasteiger partial charge in [-0.1, -0.05) is 6.07 Å². The molecule has 3 aromatic rings. The first-order valence-electron chi connectivity index (χ1n) is 10.0. The predicted molar refractivity (Wildman–Crippen MR) is 111 cm³/mol. The van der Waals surface area contributed by atoms with Gasteiger partial charge < -0.3 is 14.8 Å². The number of aryl methyl sites for hydroxylation is 1. The number of rotatable bonds is 9. The number of benzene rings is 1. The summed E-state index contributed by atoms with van der Waals surface area (Å²) in [7, 11) is 0. The summed E-state index contributed by atoms with van der Waals surface area (Å²) in [5.41, 5.74) is 0.476. The molecule has 0 radical (unpaired) electrons. The summed E-state index contributed by atoms with van der Waals surface area (Å²) >= 11 is 0. The number of aromatic nitrogens is 4. The highest BCUT2D eigenvalue weighted by Gasteiger charge is 2.35. The molecule has 0 atom stereocenters. The smallest absolute Gasteiger partial charge is 0.433 e. The Morgan fingerprint density at radius 3 is 2.53 bits per heavy atom. The van der Waals surface area contributed by atoms with E-state index in [1.165, 1.54) is 13.1 Å². The Morgan fingerprint density at radius 2 is 1.84 bits per heavy atom. The molecule has 0 aliphatic heterocycles. The van der Waals surface area contributed by atoms with Crippen LogP contribution in [0.2, 0.25) is 0 Å². The van der Waals surface area contributed by atoms with Crippen LogP contribution >= 0.6 is 0 Å². The van der Waals surface area contributed by atoms with Crippen molar-refractivity contribution in [2.45, 2.75) is 40.0 Å². The number of hydrogen-bond acceptors (Lipinski definition) is 5. The van der Waals surface area contributed by atoms with E-state index in [4.69, 9.17) is 9.47 Å². The maximum atomic E-state index is 13.1. The van der Waals surface area contributed by atoms with Gasteiger partial charge in [-0.25, -0.2) is 0 Å². The molecule has 1 N–H and O–H groups in total. The molecule has 0 aliphatic rings. The minimum Gasteiger partial charge on any atom is -0.490 e. The SMILES string of the molecule is CCOc1ccc(Cn2cc(NC(=O)Cn3nc(C)cc3C(F)(F)F)cn2)cc1OCC. The zero-order valence-corrected chi connectivity index (χ0v) is 17.9. The molecule has 11 heteroatoms. The number of hydrogen-bond donors (Lipinski definition) is 1. The van der Waals surface area contributed by atoms with E-state index >= 15 is 0 Å². The van der Waals surface area contributed by atoms with Crippen molar-refractivity contribution >= 4 is 11.6 Å². The van der Waals surface area contributed by atoms with Crippen molar-refractivity contribution in [3.63, 3.8) is 0 Å². The van der Waals surface area contributed by atoms with Gasteiger partial charge in [-0.05, 0) is 44.5 Å². The summed E-state index contributed by atoms with van der Waals surface area (Å²) in [5.74, 6) is 0.638. The second-order valence-corrected chi connectivity index (χ2v) is 6.95.